The highest BCUT2D eigenvalue weighted by Crippen LogP contribution is 2.53. The molecule has 4 rings (SSSR count). The van der Waals surface area contributed by atoms with E-state index in [-0.39, 0.29) is 22.7 Å². The van der Waals surface area contributed by atoms with Gasteiger partial charge in [-0.1, -0.05) is 35.9 Å². The van der Waals surface area contributed by atoms with Crippen molar-refractivity contribution in [1.82, 2.24) is 0 Å². The first-order chi connectivity index (χ1) is 12.5. The maximum absolute atomic E-state index is 11.3. The molecule has 1 N–H and O–H groups in total. The number of hydrogen-bond donors (Lipinski definition) is 1. The number of halogens is 1. The van der Waals surface area contributed by atoms with Crippen LogP contribution in [0, 0.1) is 23.0 Å². The van der Waals surface area contributed by atoms with Gasteiger partial charge < -0.3 is 10.1 Å². The number of rotatable bonds is 3. The number of ether oxygens (including phenoxy) is 1. The normalized spacial score (nSPS) is 23.1. The van der Waals surface area contributed by atoms with Crippen LogP contribution in [0.3, 0.4) is 0 Å². The molecule has 0 aromatic heterocycles. The third-order valence-corrected chi connectivity index (χ3v) is 5.77. The minimum atomic E-state index is -0.433. The van der Waals surface area contributed by atoms with Gasteiger partial charge in [0.15, 0.2) is 0 Å². The van der Waals surface area contributed by atoms with Crippen LogP contribution < -0.4 is 10.1 Å². The number of nitrogens with one attached hydrogen (secondary N) is 1. The molecule has 0 spiro atoms. The van der Waals surface area contributed by atoms with E-state index in [4.69, 9.17) is 16.3 Å². The number of nitro groups is 1. The van der Waals surface area contributed by atoms with Gasteiger partial charge in [-0.3, -0.25) is 10.1 Å². The van der Waals surface area contributed by atoms with Crippen LogP contribution in [0.2, 0.25) is 5.02 Å². The maximum Gasteiger partial charge on any atom is 0.288 e. The van der Waals surface area contributed by atoms with Gasteiger partial charge in [0.25, 0.3) is 5.69 Å². The quantitative estimate of drug-likeness (QED) is 0.447. The average Bonchev–Trinajstić information content (AvgIpc) is 3.11. The van der Waals surface area contributed by atoms with Crippen molar-refractivity contribution >= 4 is 23.0 Å². The second-order valence-corrected chi connectivity index (χ2v) is 7.22. The summed E-state index contributed by atoms with van der Waals surface area (Å²) in [6.07, 6.45) is 5.37. The van der Waals surface area contributed by atoms with Crippen molar-refractivity contribution in [3.05, 3.63) is 74.3 Å². The fraction of sp³-hybridized carbons (Fsp3) is 0.300. The van der Waals surface area contributed by atoms with Crippen molar-refractivity contribution in [1.29, 1.82) is 0 Å². The lowest BCUT2D eigenvalue weighted by molar-refractivity contribution is -0.384. The fourth-order valence-corrected chi connectivity index (χ4v) is 4.42. The summed E-state index contributed by atoms with van der Waals surface area (Å²) in [6.45, 7) is 2.11. The molecule has 0 radical (unpaired) electrons. The number of benzene rings is 2. The van der Waals surface area contributed by atoms with Gasteiger partial charge in [-0.05, 0) is 48.1 Å². The van der Waals surface area contributed by atoms with E-state index >= 15 is 0 Å². The first-order valence-corrected chi connectivity index (χ1v) is 8.93. The van der Waals surface area contributed by atoms with E-state index in [9.17, 15) is 10.1 Å². The van der Waals surface area contributed by atoms with Crippen LogP contribution in [0.1, 0.15) is 35.1 Å². The summed E-state index contributed by atoms with van der Waals surface area (Å²) in [5, 5.41) is 15.1. The topological polar surface area (TPSA) is 64.4 Å². The third-order valence-electron chi connectivity index (χ3n) is 5.45. The zero-order valence-corrected chi connectivity index (χ0v) is 15.3. The van der Waals surface area contributed by atoms with E-state index in [0.29, 0.717) is 5.92 Å². The average molecular weight is 371 g/mol. The Morgan fingerprint density at radius 1 is 1.31 bits per heavy atom. The number of aryl methyl sites for hydroxylation is 1. The van der Waals surface area contributed by atoms with Crippen molar-refractivity contribution in [2.75, 3.05) is 12.4 Å². The Morgan fingerprint density at radius 2 is 2.12 bits per heavy atom. The van der Waals surface area contributed by atoms with Crippen molar-refractivity contribution < 1.29 is 9.66 Å². The van der Waals surface area contributed by atoms with E-state index in [1.165, 1.54) is 11.1 Å². The molecule has 0 bridgehead atoms. The molecule has 26 heavy (non-hydrogen) atoms. The van der Waals surface area contributed by atoms with Crippen LogP contribution in [-0.4, -0.2) is 12.0 Å². The molecule has 3 atom stereocenters. The number of methoxy groups -OCH3 is 1. The molecule has 2 aliphatic rings. The molecule has 1 aliphatic heterocycles. The minimum absolute atomic E-state index is 0.0471. The summed E-state index contributed by atoms with van der Waals surface area (Å²) < 4.78 is 5.57. The minimum Gasteiger partial charge on any atom is -0.495 e. The van der Waals surface area contributed by atoms with Crippen molar-refractivity contribution in [2.24, 2.45) is 5.92 Å². The summed E-state index contributed by atoms with van der Waals surface area (Å²) in [5.74, 6) is 1.35. The predicted molar refractivity (Wildman–Crippen MR) is 102 cm³/mol. The van der Waals surface area contributed by atoms with Gasteiger partial charge in [0.05, 0.1) is 23.8 Å². The lowest BCUT2D eigenvalue weighted by Crippen LogP contribution is -2.30. The monoisotopic (exact) mass is 370 g/mol. The molecule has 0 unspecified atom stereocenters. The molecule has 134 valence electrons. The number of allylic oxidation sites excluding steroid dienone is 2. The fourth-order valence-electron chi connectivity index (χ4n) is 4.23. The summed E-state index contributed by atoms with van der Waals surface area (Å²) in [4.78, 5) is 10.9. The maximum atomic E-state index is 11.3. The largest absolute Gasteiger partial charge is 0.495 e. The lowest BCUT2D eigenvalue weighted by Gasteiger charge is -2.39. The Bertz CT molecular complexity index is 926. The van der Waals surface area contributed by atoms with Gasteiger partial charge in [0.2, 0.25) is 0 Å². The Morgan fingerprint density at radius 3 is 2.85 bits per heavy atom. The highest BCUT2D eigenvalue weighted by molar-refractivity contribution is 6.32. The van der Waals surface area contributed by atoms with Crippen molar-refractivity contribution in [3.63, 3.8) is 0 Å². The summed E-state index contributed by atoms with van der Waals surface area (Å²) in [6, 6.07) is 9.06. The molecular formula is C20H19ClN2O3. The third kappa shape index (κ3) is 2.54. The summed E-state index contributed by atoms with van der Waals surface area (Å²) >= 11 is 6.00. The predicted octanol–water partition coefficient (Wildman–Crippen LogP) is 5.39. The first-order valence-electron chi connectivity index (χ1n) is 8.55. The van der Waals surface area contributed by atoms with Crippen LogP contribution >= 0.6 is 11.6 Å². The lowest BCUT2D eigenvalue weighted by atomic mass is 9.75. The summed E-state index contributed by atoms with van der Waals surface area (Å²) in [5.41, 5.74) is 4.26. The van der Waals surface area contributed by atoms with Crippen LogP contribution in [0.15, 0.2) is 42.5 Å². The number of hydrogen-bond acceptors (Lipinski definition) is 4. The van der Waals surface area contributed by atoms with E-state index in [2.05, 4.69) is 30.5 Å². The highest BCUT2D eigenvalue weighted by Gasteiger charge is 2.40. The number of fused-ring (bicyclic) bond motifs is 3. The zero-order chi connectivity index (χ0) is 18.4. The molecule has 2 aromatic rings. The Kier molecular flexibility index (Phi) is 4.11. The number of anilines is 1. The van der Waals surface area contributed by atoms with Gasteiger partial charge in [-0.15, -0.1) is 0 Å². The Labute approximate surface area is 156 Å². The SMILES string of the molecule is COc1ccc(C)c2c1N[C@H](c1ccc(Cl)c([N+](=O)[O-])c1)[C@H]1CC=C[C@H]21. The van der Waals surface area contributed by atoms with E-state index in [1.807, 2.05) is 12.1 Å². The molecule has 0 saturated heterocycles. The van der Waals surface area contributed by atoms with Gasteiger partial charge in [-0.2, -0.15) is 0 Å². The molecule has 2 aromatic carbocycles. The van der Waals surface area contributed by atoms with Crippen molar-refractivity contribution in [2.45, 2.75) is 25.3 Å². The van der Waals surface area contributed by atoms with Crippen LogP contribution in [0.25, 0.3) is 0 Å². The van der Waals surface area contributed by atoms with Crippen LogP contribution in [-0.2, 0) is 0 Å². The molecule has 0 fully saturated rings. The van der Waals surface area contributed by atoms with Gasteiger partial charge in [-0.25, -0.2) is 0 Å². The molecule has 0 saturated carbocycles. The number of nitrogens with zero attached hydrogens (tertiary/aromatic N) is 1. The van der Waals surface area contributed by atoms with Crippen LogP contribution in [0.4, 0.5) is 11.4 Å². The van der Waals surface area contributed by atoms with E-state index < -0.39 is 4.92 Å². The smallest absolute Gasteiger partial charge is 0.288 e. The zero-order valence-electron chi connectivity index (χ0n) is 14.5. The van der Waals surface area contributed by atoms with E-state index in [1.54, 1.807) is 19.2 Å². The summed E-state index contributed by atoms with van der Waals surface area (Å²) in [7, 11) is 1.66. The number of nitro benzene ring substituents is 1. The molecule has 5 nitrogen and oxygen atoms in total. The molecule has 6 heteroatoms. The first kappa shape index (κ1) is 16.9. The van der Waals surface area contributed by atoms with Crippen molar-refractivity contribution in [3.8, 4) is 5.75 Å². The Balaban J connectivity index is 1.84. The molecule has 1 aliphatic carbocycles. The van der Waals surface area contributed by atoms with Gasteiger partial charge >= 0.3 is 0 Å². The van der Waals surface area contributed by atoms with Gasteiger partial charge in [0.1, 0.15) is 10.8 Å². The second-order valence-electron chi connectivity index (χ2n) is 6.82. The molecule has 0 amide bonds. The Hall–Kier alpha value is -2.53. The van der Waals surface area contributed by atoms with Crippen LogP contribution in [0.5, 0.6) is 5.75 Å². The second kappa shape index (κ2) is 6.32. The van der Waals surface area contributed by atoms with Gasteiger partial charge in [0, 0.05) is 12.0 Å². The standard InChI is InChI=1S/C20H19ClN2O3/c1-11-6-9-17(26-2)20-18(11)13-4-3-5-14(13)19(22-20)12-7-8-15(21)16(10-12)23(24)25/h3-4,6-10,13-14,19,22H,5H2,1-2H3/t13-,14-,19+/m0/s1. The highest BCUT2D eigenvalue weighted by atomic mass is 35.5. The molecule has 1 heterocycles. The van der Waals surface area contributed by atoms with E-state index in [0.717, 1.165) is 23.4 Å². The molecular weight excluding hydrogens is 352 g/mol.